The fourth-order valence-electron chi connectivity index (χ4n) is 4.21. The zero-order valence-corrected chi connectivity index (χ0v) is 13.2. The third kappa shape index (κ3) is 3.93. The Balaban J connectivity index is 1.79. The van der Waals surface area contributed by atoms with Gasteiger partial charge in [0.1, 0.15) is 0 Å². The maximum atomic E-state index is 5.59. The van der Waals surface area contributed by atoms with Crippen LogP contribution in [0.2, 0.25) is 0 Å². The lowest BCUT2D eigenvalue weighted by atomic mass is 9.85. The first-order valence-corrected chi connectivity index (χ1v) is 7.96. The summed E-state index contributed by atoms with van der Waals surface area (Å²) in [6.45, 7) is 9.18. The summed E-state index contributed by atoms with van der Waals surface area (Å²) in [5, 5.41) is 3.56. The van der Waals surface area contributed by atoms with Gasteiger partial charge in [-0.2, -0.15) is 0 Å². The van der Waals surface area contributed by atoms with E-state index < -0.39 is 0 Å². The average Bonchev–Trinajstić information content (AvgIpc) is 2.65. The number of hydrogen-bond donors (Lipinski definition) is 1. The van der Waals surface area contributed by atoms with Crippen molar-refractivity contribution in [3.05, 3.63) is 0 Å². The SMILES string of the molecule is CNC1C(CN(C)CC2CCCOC2)CCC1(C)C. The number of rotatable bonds is 5. The molecule has 1 N–H and O–H groups in total. The summed E-state index contributed by atoms with van der Waals surface area (Å²) in [5.41, 5.74) is 0.453. The Bertz CT molecular complexity index is 274. The Kier molecular flexibility index (Phi) is 5.27. The van der Waals surface area contributed by atoms with Gasteiger partial charge in [0.2, 0.25) is 0 Å². The normalized spacial score (nSPS) is 34.9. The highest BCUT2D eigenvalue weighted by molar-refractivity contribution is 4.96. The van der Waals surface area contributed by atoms with Crippen molar-refractivity contribution in [2.45, 2.75) is 45.6 Å². The molecule has 1 saturated carbocycles. The molecule has 3 nitrogen and oxygen atoms in total. The molecule has 0 spiro atoms. The van der Waals surface area contributed by atoms with E-state index >= 15 is 0 Å². The zero-order chi connectivity index (χ0) is 13.9. The van der Waals surface area contributed by atoms with Gasteiger partial charge in [-0.05, 0) is 57.0 Å². The summed E-state index contributed by atoms with van der Waals surface area (Å²) in [7, 11) is 4.41. The van der Waals surface area contributed by atoms with Gasteiger partial charge in [0.15, 0.2) is 0 Å². The fraction of sp³-hybridized carbons (Fsp3) is 1.00. The molecule has 0 aromatic carbocycles. The largest absolute Gasteiger partial charge is 0.381 e. The van der Waals surface area contributed by atoms with Gasteiger partial charge in [0.25, 0.3) is 0 Å². The molecule has 3 heteroatoms. The second-order valence-corrected chi connectivity index (χ2v) is 7.36. The van der Waals surface area contributed by atoms with Crippen molar-refractivity contribution in [3.63, 3.8) is 0 Å². The van der Waals surface area contributed by atoms with Crippen molar-refractivity contribution in [3.8, 4) is 0 Å². The maximum absolute atomic E-state index is 5.59. The van der Waals surface area contributed by atoms with Crippen LogP contribution in [0.15, 0.2) is 0 Å². The van der Waals surface area contributed by atoms with Crippen LogP contribution in [-0.4, -0.2) is 51.3 Å². The molecule has 0 bridgehead atoms. The summed E-state index contributed by atoms with van der Waals surface area (Å²) in [4.78, 5) is 2.54. The van der Waals surface area contributed by atoms with E-state index in [1.54, 1.807) is 0 Å². The molecule has 1 heterocycles. The topological polar surface area (TPSA) is 24.5 Å². The fourth-order valence-corrected chi connectivity index (χ4v) is 4.21. The van der Waals surface area contributed by atoms with Crippen LogP contribution in [0.25, 0.3) is 0 Å². The van der Waals surface area contributed by atoms with Crippen molar-refractivity contribution in [2.24, 2.45) is 17.3 Å². The summed E-state index contributed by atoms with van der Waals surface area (Å²) >= 11 is 0. The maximum Gasteiger partial charge on any atom is 0.0506 e. The zero-order valence-electron chi connectivity index (χ0n) is 13.2. The summed E-state index contributed by atoms with van der Waals surface area (Å²) in [6.07, 6.45) is 5.30. The van der Waals surface area contributed by atoms with Gasteiger partial charge in [0, 0.05) is 25.7 Å². The lowest BCUT2D eigenvalue weighted by Gasteiger charge is -2.34. The van der Waals surface area contributed by atoms with E-state index in [2.05, 4.69) is 38.2 Å². The van der Waals surface area contributed by atoms with Crippen LogP contribution in [0.3, 0.4) is 0 Å². The van der Waals surface area contributed by atoms with E-state index in [-0.39, 0.29) is 0 Å². The van der Waals surface area contributed by atoms with E-state index in [0.717, 1.165) is 25.0 Å². The van der Waals surface area contributed by atoms with E-state index in [4.69, 9.17) is 4.74 Å². The highest BCUT2D eigenvalue weighted by atomic mass is 16.5. The Morgan fingerprint density at radius 1 is 1.26 bits per heavy atom. The molecule has 3 unspecified atom stereocenters. The molecule has 112 valence electrons. The van der Waals surface area contributed by atoms with E-state index in [1.165, 1.54) is 38.8 Å². The van der Waals surface area contributed by atoms with E-state index in [9.17, 15) is 0 Å². The van der Waals surface area contributed by atoms with Gasteiger partial charge in [-0.25, -0.2) is 0 Å². The van der Waals surface area contributed by atoms with Crippen LogP contribution >= 0.6 is 0 Å². The summed E-state index contributed by atoms with van der Waals surface area (Å²) in [5.74, 6) is 1.55. The second-order valence-electron chi connectivity index (χ2n) is 7.36. The molecular formula is C16H32N2O. The molecule has 1 saturated heterocycles. The molecule has 1 aliphatic carbocycles. The lowest BCUT2D eigenvalue weighted by molar-refractivity contribution is 0.0393. The van der Waals surface area contributed by atoms with Gasteiger partial charge in [-0.1, -0.05) is 13.8 Å². The monoisotopic (exact) mass is 268 g/mol. The molecule has 0 amide bonds. The Labute approximate surface area is 119 Å². The first-order chi connectivity index (χ1) is 9.03. The molecule has 0 radical (unpaired) electrons. The third-order valence-corrected chi connectivity index (χ3v) is 5.15. The minimum absolute atomic E-state index is 0.453. The smallest absolute Gasteiger partial charge is 0.0506 e. The van der Waals surface area contributed by atoms with E-state index in [1.807, 2.05) is 0 Å². The minimum atomic E-state index is 0.453. The number of hydrogen-bond acceptors (Lipinski definition) is 3. The van der Waals surface area contributed by atoms with E-state index in [0.29, 0.717) is 11.5 Å². The second kappa shape index (κ2) is 6.55. The minimum Gasteiger partial charge on any atom is -0.381 e. The van der Waals surface area contributed by atoms with Crippen molar-refractivity contribution in [2.75, 3.05) is 40.4 Å². The van der Waals surface area contributed by atoms with Crippen LogP contribution in [0.5, 0.6) is 0 Å². The van der Waals surface area contributed by atoms with Crippen LogP contribution in [-0.2, 0) is 4.74 Å². The molecule has 1 aliphatic heterocycles. The lowest BCUT2D eigenvalue weighted by Crippen LogP contribution is -2.44. The van der Waals surface area contributed by atoms with Crippen molar-refractivity contribution in [1.82, 2.24) is 10.2 Å². The van der Waals surface area contributed by atoms with Crippen LogP contribution in [0.1, 0.15) is 39.5 Å². The van der Waals surface area contributed by atoms with Crippen molar-refractivity contribution >= 4 is 0 Å². The predicted octanol–water partition coefficient (Wildman–Crippen LogP) is 2.37. The Hall–Kier alpha value is -0.120. The van der Waals surface area contributed by atoms with Gasteiger partial charge in [0.05, 0.1) is 6.61 Å². The number of nitrogens with zero attached hydrogens (tertiary/aromatic N) is 1. The third-order valence-electron chi connectivity index (χ3n) is 5.15. The van der Waals surface area contributed by atoms with Gasteiger partial charge < -0.3 is 15.0 Å². The first-order valence-electron chi connectivity index (χ1n) is 7.96. The molecule has 2 aliphatic rings. The van der Waals surface area contributed by atoms with Gasteiger partial charge >= 0.3 is 0 Å². The Morgan fingerprint density at radius 3 is 2.68 bits per heavy atom. The quantitative estimate of drug-likeness (QED) is 0.828. The number of nitrogens with one attached hydrogen (secondary N) is 1. The summed E-state index contributed by atoms with van der Waals surface area (Å²) < 4.78 is 5.59. The highest BCUT2D eigenvalue weighted by Gasteiger charge is 2.41. The van der Waals surface area contributed by atoms with Gasteiger partial charge in [-0.3, -0.25) is 0 Å². The molecule has 2 rings (SSSR count). The molecular weight excluding hydrogens is 236 g/mol. The van der Waals surface area contributed by atoms with Crippen LogP contribution < -0.4 is 5.32 Å². The standard InChI is InChI=1S/C16H32N2O/c1-16(2)8-7-14(15(16)17-3)11-18(4)10-13-6-5-9-19-12-13/h13-15,17H,5-12H2,1-4H3. The van der Waals surface area contributed by atoms with Crippen LogP contribution in [0, 0.1) is 17.3 Å². The predicted molar refractivity (Wildman–Crippen MR) is 80.4 cm³/mol. The van der Waals surface area contributed by atoms with Gasteiger partial charge in [-0.15, -0.1) is 0 Å². The molecule has 19 heavy (non-hydrogen) atoms. The summed E-state index contributed by atoms with van der Waals surface area (Å²) in [6, 6.07) is 0.664. The molecule has 3 atom stereocenters. The average molecular weight is 268 g/mol. The molecule has 2 fully saturated rings. The van der Waals surface area contributed by atoms with Crippen molar-refractivity contribution in [1.29, 1.82) is 0 Å². The first kappa shape index (κ1) is 15.3. The molecule has 0 aromatic heterocycles. The molecule has 0 aromatic rings. The Morgan fingerprint density at radius 2 is 2.05 bits per heavy atom. The highest BCUT2D eigenvalue weighted by Crippen LogP contribution is 2.41. The van der Waals surface area contributed by atoms with Crippen LogP contribution in [0.4, 0.5) is 0 Å². The number of ether oxygens (including phenoxy) is 1. The van der Waals surface area contributed by atoms with Crippen molar-refractivity contribution < 1.29 is 4.74 Å².